The standard InChI is InChI=1S/C11H10FNO2S/c1-7(11(14)15)16-6-9-4-8(5-13)2-3-10(9)12/h2-4,7H,6H2,1H3,(H,14,15). The van der Waals surface area contributed by atoms with Crippen molar-refractivity contribution in [3.8, 4) is 6.07 Å². The number of halogens is 1. The molecule has 0 aliphatic heterocycles. The summed E-state index contributed by atoms with van der Waals surface area (Å²) in [7, 11) is 0. The van der Waals surface area contributed by atoms with E-state index in [-0.39, 0.29) is 5.75 Å². The highest BCUT2D eigenvalue weighted by molar-refractivity contribution is 7.99. The van der Waals surface area contributed by atoms with E-state index in [0.29, 0.717) is 11.1 Å². The molecule has 0 saturated carbocycles. The van der Waals surface area contributed by atoms with Crippen LogP contribution in [0.1, 0.15) is 18.1 Å². The van der Waals surface area contributed by atoms with Crippen LogP contribution < -0.4 is 0 Å². The normalized spacial score (nSPS) is 11.8. The highest BCUT2D eigenvalue weighted by atomic mass is 32.2. The first-order valence-corrected chi connectivity index (χ1v) is 5.62. The highest BCUT2D eigenvalue weighted by Gasteiger charge is 2.12. The van der Waals surface area contributed by atoms with Gasteiger partial charge in [-0.3, -0.25) is 4.79 Å². The fourth-order valence-corrected chi connectivity index (χ4v) is 1.83. The Morgan fingerprint density at radius 1 is 1.69 bits per heavy atom. The molecule has 1 unspecified atom stereocenters. The molecule has 0 heterocycles. The maximum atomic E-state index is 13.3. The van der Waals surface area contributed by atoms with Crippen molar-refractivity contribution in [2.24, 2.45) is 0 Å². The number of nitriles is 1. The van der Waals surface area contributed by atoms with Gasteiger partial charge in [0.05, 0.1) is 16.9 Å². The van der Waals surface area contributed by atoms with Crippen molar-refractivity contribution in [3.05, 3.63) is 35.1 Å². The number of carboxylic acids is 1. The molecule has 0 bridgehead atoms. The minimum atomic E-state index is -0.929. The SMILES string of the molecule is CC(SCc1cc(C#N)ccc1F)C(=O)O. The van der Waals surface area contributed by atoms with Crippen LogP contribution in [0.5, 0.6) is 0 Å². The van der Waals surface area contributed by atoms with Crippen molar-refractivity contribution >= 4 is 17.7 Å². The van der Waals surface area contributed by atoms with Gasteiger partial charge in [-0.05, 0) is 30.7 Å². The molecule has 0 aliphatic rings. The molecule has 1 N–H and O–H groups in total. The molecule has 1 aromatic rings. The van der Waals surface area contributed by atoms with E-state index in [1.165, 1.54) is 18.2 Å². The van der Waals surface area contributed by atoms with Crippen molar-refractivity contribution < 1.29 is 14.3 Å². The summed E-state index contributed by atoms with van der Waals surface area (Å²) in [6, 6.07) is 5.97. The van der Waals surface area contributed by atoms with E-state index in [0.717, 1.165) is 11.8 Å². The van der Waals surface area contributed by atoms with Crippen LogP contribution in [-0.2, 0) is 10.5 Å². The molecule has 0 aliphatic carbocycles. The summed E-state index contributed by atoms with van der Waals surface area (Å²) in [6.07, 6.45) is 0. The van der Waals surface area contributed by atoms with Gasteiger partial charge >= 0.3 is 5.97 Å². The third kappa shape index (κ3) is 3.24. The van der Waals surface area contributed by atoms with Crippen molar-refractivity contribution in [1.82, 2.24) is 0 Å². The lowest BCUT2D eigenvalue weighted by atomic mass is 10.1. The summed E-state index contributed by atoms with van der Waals surface area (Å²) in [4.78, 5) is 10.6. The number of carbonyl (C=O) groups is 1. The first-order valence-electron chi connectivity index (χ1n) is 4.57. The zero-order chi connectivity index (χ0) is 12.1. The highest BCUT2D eigenvalue weighted by Crippen LogP contribution is 2.20. The van der Waals surface area contributed by atoms with E-state index in [2.05, 4.69) is 0 Å². The number of hydrogen-bond acceptors (Lipinski definition) is 3. The average Bonchev–Trinajstić information content (AvgIpc) is 2.27. The van der Waals surface area contributed by atoms with Gasteiger partial charge in [-0.15, -0.1) is 11.8 Å². The van der Waals surface area contributed by atoms with Gasteiger partial charge in [0.15, 0.2) is 0 Å². The molecule has 84 valence electrons. The molecule has 0 saturated heterocycles. The Balaban J connectivity index is 2.74. The molecule has 5 heteroatoms. The number of aliphatic carboxylic acids is 1. The van der Waals surface area contributed by atoms with Crippen LogP contribution >= 0.6 is 11.8 Å². The lowest BCUT2D eigenvalue weighted by Crippen LogP contribution is -2.11. The van der Waals surface area contributed by atoms with Gasteiger partial charge < -0.3 is 5.11 Å². The third-order valence-corrected chi connectivity index (χ3v) is 3.19. The molecule has 0 radical (unpaired) electrons. The Kier molecular flexibility index (Phi) is 4.32. The molecular formula is C11H10FNO2S. The smallest absolute Gasteiger partial charge is 0.316 e. The molecule has 1 rings (SSSR count). The first-order chi connectivity index (χ1) is 7.54. The van der Waals surface area contributed by atoms with Gasteiger partial charge in [0.25, 0.3) is 0 Å². The summed E-state index contributed by atoms with van der Waals surface area (Å²) in [6.45, 7) is 1.54. The number of benzene rings is 1. The summed E-state index contributed by atoms with van der Waals surface area (Å²) in [5, 5.41) is 16.7. The molecule has 0 aromatic heterocycles. The Labute approximate surface area is 96.9 Å². The second-order valence-electron chi connectivity index (χ2n) is 3.21. The van der Waals surface area contributed by atoms with Crippen LogP contribution in [0.15, 0.2) is 18.2 Å². The molecule has 1 atom stereocenters. The van der Waals surface area contributed by atoms with E-state index >= 15 is 0 Å². The summed E-state index contributed by atoms with van der Waals surface area (Å²) < 4.78 is 13.3. The maximum Gasteiger partial charge on any atom is 0.316 e. The fourth-order valence-electron chi connectivity index (χ4n) is 1.04. The summed E-state index contributed by atoms with van der Waals surface area (Å²) >= 11 is 1.12. The molecule has 0 spiro atoms. The monoisotopic (exact) mass is 239 g/mol. The lowest BCUT2D eigenvalue weighted by molar-refractivity contribution is -0.136. The average molecular weight is 239 g/mol. The minimum absolute atomic E-state index is 0.245. The van der Waals surface area contributed by atoms with E-state index in [1.54, 1.807) is 6.92 Å². The van der Waals surface area contributed by atoms with Crippen LogP contribution in [0.2, 0.25) is 0 Å². The summed E-state index contributed by atoms with van der Waals surface area (Å²) in [5.74, 6) is -1.10. The molecule has 16 heavy (non-hydrogen) atoms. The number of rotatable bonds is 4. The largest absolute Gasteiger partial charge is 0.480 e. The zero-order valence-electron chi connectivity index (χ0n) is 8.61. The lowest BCUT2D eigenvalue weighted by Gasteiger charge is -2.07. The van der Waals surface area contributed by atoms with Gasteiger partial charge in [0.1, 0.15) is 5.82 Å². The van der Waals surface area contributed by atoms with Crippen molar-refractivity contribution in [3.63, 3.8) is 0 Å². The predicted molar refractivity (Wildman–Crippen MR) is 59.5 cm³/mol. The number of carboxylic acid groups (broad SMARTS) is 1. The minimum Gasteiger partial charge on any atom is -0.480 e. The molecule has 0 fully saturated rings. The van der Waals surface area contributed by atoms with Crippen molar-refractivity contribution in [2.75, 3.05) is 0 Å². The van der Waals surface area contributed by atoms with Crippen LogP contribution in [-0.4, -0.2) is 16.3 Å². The van der Waals surface area contributed by atoms with Crippen LogP contribution in [0.3, 0.4) is 0 Å². The first kappa shape index (κ1) is 12.5. The van der Waals surface area contributed by atoms with Gasteiger partial charge in [0, 0.05) is 5.75 Å². The Bertz CT molecular complexity index is 442. The molecule has 0 amide bonds. The van der Waals surface area contributed by atoms with Gasteiger partial charge in [-0.1, -0.05) is 0 Å². The number of hydrogen-bond donors (Lipinski definition) is 1. The molecular weight excluding hydrogens is 229 g/mol. The second kappa shape index (κ2) is 5.52. The zero-order valence-corrected chi connectivity index (χ0v) is 9.42. The van der Waals surface area contributed by atoms with Crippen molar-refractivity contribution in [1.29, 1.82) is 5.26 Å². The van der Waals surface area contributed by atoms with Crippen LogP contribution in [0.25, 0.3) is 0 Å². The Morgan fingerprint density at radius 2 is 2.38 bits per heavy atom. The van der Waals surface area contributed by atoms with E-state index in [4.69, 9.17) is 10.4 Å². The summed E-state index contributed by atoms with van der Waals surface area (Å²) in [5.41, 5.74) is 0.733. The maximum absolute atomic E-state index is 13.3. The molecule has 1 aromatic carbocycles. The predicted octanol–water partition coefficient (Wildman–Crippen LogP) is 2.40. The van der Waals surface area contributed by atoms with Crippen molar-refractivity contribution in [2.45, 2.75) is 17.9 Å². The van der Waals surface area contributed by atoms with Gasteiger partial charge in [-0.2, -0.15) is 5.26 Å². The van der Waals surface area contributed by atoms with Crippen LogP contribution in [0, 0.1) is 17.1 Å². The molecule has 3 nitrogen and oxygen atoms in total. The number of nitrogens with zero attached hydrogens (tertiary/aromatic N) is 1. The quantitative estimate of drug-likeness (QED) is 0.876. The van der Waals surface area contributed by atoms with E-state index < -0.39 is 17.0 Å². The van der Waals surface area contributed by atoms with Gasteiger partial charge in [0.2, 0.25) is 0 Å². The number of thioether (sulfide) groups is 1. The Hall–Kier alpha value is -1.54. The topological polar surface area (TPSA) is 61.1 Å². The van der Waals surface area contributed by atoms with E-state index in [9.17, 15) is 9.18 Å². The second-order valence-corrected chi connectivity index (χ2v) is 4.54. The Morgan fingerprint density at radius 3 is 2.94 bits per heavy atom. The third-order valence-electron chi connectivity index (χ3n) is 2.01. The van der Waals surface area contributed by atoms with Crippen LogP contribution in [0.4, 0.5) is 4.39 Å². The van der Waals surface area contributed by atoms with Gasteiger partial charge in [-0.25, -0.2) is 4.39 Å². The van der Waals surface area contributed by atoms with E-state index in [1.807, 2.05) is 6.07 Å². The fraction of sp³-hybridized carbons (Fsp3) is 0.273.